The van der Waals surface area contributed by atoms with Crippen LogP contribution in [0.25, 0.3) is 22.5 Å². The fourth-order valence-corrected chi connectivity index (χ4v) is 5.56. The van der Waals surface area contributed by atoms with Crippen molar-refractivity contribution in [1.29, 1.82) is 0 Å². The SMILES string of the molecule is [2H]c1c([2H])c(C)c(-c2c([2H])c(C)c(C([2H])(C)n3c(C([2H])([2H])C([2H])(C)C([2H])([2H])[2H])nc(C(OC)(C([2H])([2H])C)C([2H])([2H])C)c3C(=O)OC([2H])([2H])c3oc(=O)oc3C([2H])([2H])C)c(C)c2[2H])c(-c2nnnn2[2H])c1[2H]. The summed E-state index contributed by atoms with van der Waals surface area (Å²) in [6.45, 7) is 0.167. The summed E-state index contributed by atoms with van der Waals surface area (Å²) in [5.74, 6) is -11.5. The highest BCUT2D eigenvalue weighted by Crippen LogP contribution is 2.40. The van der Waals surface area contributed by atoms with Gasteiger partial charge in [0.25, 0.3) is 0 Å². The number of hydrogen-bond donors (Lipinski definition) is 1. The van der Waals surface area contributed by atoms with Gasteiger partial charge in [-0.1, -0.05) is 64.8 Å². The Balaban J connectivity index is 2.08. The van der Waals surface area contributed by atoms with Gasteiger partial charge < -0.3 is 22.9 Å². The Morgan fingerprint density at radius 2 is 1.84 bits per heavy atom. The maximum atomic E-state index is 15.2. The molecule has 50 heavy (non-hydrogen) atoms. The second-order valence-electron chi connectivity index (χ2n) is 10.7. The highest BCUT2D eigenvalue weighted by Gasteiger charge is 2.40. The third-order valence-corrected chi connectivity index (χ3v) is 7.68. The number of carbonyl (C=O) groups excluding carboxylic acids is 1. The molecular formula is C38H48N6O6. The van der Waals surface area contributed by atoms with Crippen molar-refractivity contribution in [2.75, 3.05) is 7.11 Å². The number of aromatic amines is 1. The number of nitrogens with one attached hydrogen (secondary N) is 1. The molecule has 2 unspecified atom stereocenters. The average Bonchev–Trinajstić information content (AvgIpc) is 3.95. The van der Waals surface area contributed by atoms with Gasteiger partial charge >= 0.3 is 11.8 Å². The molecule has 2 atom stereocenters. The van der Waals surface area contributed by atoms with Gasteiger partial charge in [0.2, 0.25) is 0 Å². The first-order valence-electron chi connectivity index (χ1n) is 25.4. The third kappa shape index (κ3) is 6.81. The first kappa shape index (κ1) is 17.9. The van der Waals surface area contributed by atoms with Crippen LogP contribution in [0.5, 0.6) is 0 Å². The lowest BCUT2D eigenvalue weighted by molar-refractivity contribution is -0.0265. The molecule has 0 aliphatic heterocycles. The fourth-order valence-electron chi connectivity index (χ4n) is 5.56. The highest BCUT2D eigenvalue weighted by molar-refractivity contribution is 5.90. The number of aryl methyl sites for hydroxylation is 1. The quantitative estimate of drug-likeness (QED) is 0.114. The summed E-state index contributed by atoms with van der Waals surface area (Å²) in [4.78, 5) is 31.7. The van der Waals surface area contributed by atoms with Crippen LogP contribution >= 0.6 is 0 Å². The summed E-state index contributed by atoms with van der Waals surface area (Å²) in [5.41, 5.74) is -8.26. The van der Waals surface area contributed by atoms with E-state index in [1.54, 1.807) is 0 Å². The molecule has 5 rings (SSSR count). The highest BCUT2D eigenvalue weighted by atomic mass is 16.6. The maximum absolute atomic E-state index is 15.2. The summed E-state index contributed by atoms with van der Waals surface area (Å²) in [5, 5.41) is 11.1. The van der Waals surface area contributed by atoms with Crippen LogP contribution in [0.2, 0.25) is 1.41 Å². The molecule has 0 fully saturated rings. The second kappa shape index (κ2) is 15.0. The number of esters is 1. The largest absolute Gasteiger partial charge is 0.519 e. The zero-order valence-corrected chi connectivity index (χ0v) is 28.6. The van der Waals surface area contributed by atoms with E-state index in [1.807, 2.05) is 0 Å². The molecule has 0 spiro atoms. The fraction of sp³-hybridized carbons (Fsp3) is 0.474. The number of benzene rings is 2. The number of hydrogen-bond acceptors (Lipinski definition) is 10. The molecular weight excluding hydrogens is 636 g/mol. The van der Waals surface area contributed by atoms with Crippen LogP contribution in [0, 0.1) is 26.7 Å². The average molecular weight is 706 g/mol. The van der Waals surface area contributed by atoms with Crippen LogP contribution in [0.15, 0.2) is 43.8 Å². The monoisotopic (exact) mass is 705 g/mol. The molecule has 0 bridgehead atoms. The molecule has 3 heterocycles. The molecule has 266 valence electrons. The zero-order valence-electron chi connectivity index (χ0n) is 49.6. The van der Waals surface area contributed by atoms with Crippen LogP contribution in [-0.4, -0.2) is 43.2 Å². The summed E-state index contributed by atoms with van der Waals surface area (Å²) in [6.07, 6.45) is -12.7. The third-order valence-electron chi connectivity index (χ3n) is 7.68. The van der Waals surface area contributed by atoms with Crippen LogP contribution in [0.3, 0.4) is 0 Å². The minimum atomic E-state index is -3.80. The van der Waals surface area contributed by atoms with Gasteiger partial charge in [0.15, 0.2) is 31.0 Å². The predicted molar refractivity (Wildman–Crippen MR) is 189 cm³/mol. The molecule has 12 nitrogen and oxygen atoms in total. The standard InChI is InChI=1S/C38H48N6O6/c1-11-28-29(50-37(46)49-28)20-48-36(45)33-34(38(12-2,13-3)47-10)39-30(17-21(4)5)44(33)25(9)31-23(7)18-26(19-24(31)8)32-22(6)15-14-16-27(32)35-40-42-43-41-35/h14-16,18-19,21,25H,11-13,17,20H2,1-10H3,(H,40,41,42,43)/i4D3,11D2,12D2,13D2,14D,15D,16D,17D2,18D,19D,20D2,21D,25D/hD. The van der Waals surface area contributed by atoms with Crippen LogP contribution in [-0.2, 0) is 34.4 Å². The van der Waals surface area contributed by atoms with E-state index in [9.17, 15) is 11.6 Å². The molecule has 0 radical (unpaired) electrons. The zero-order chi connectivity index (χ0) is 54.9. The Labute approximate surface area is 322 Å². The van der Waals surface area contributed by atoms with Crippen LogP contribution in [0.1, 0.15) is 143 Å². The minimum absolute atomic E-state index is 0.0917. The van der Waals surface area contributed by atoms with E-state index in [0.717, 1.165) is 34.8 Å². The normalized spacial score (nSPS) is 22.1. The van der Waals surface area contributed by atoms with Crippen LogP contribution < -0.4 is 5.82 Å². The number of carbonyl (C=O) groups is 1. The van der Waals surface area contributed by atoms with E-state index >= 15 is 4.79 Å². The van der Waals surface area contributed by atoms with Crippen molar-refractivity contribution in [3.8, 4) is 22.5 Å². The molecule has 0 amide bonds. The molecule has 3 aromatic heterocycles. The van der Waals surface area contributed by atoms with Crippen LogP contribution in [0.4, 0.5) is 0 Å². The van der Waals surface area contributed by atoms with E-state index in [2.05, 4.69) is 20.5 Å². The molecule has 2 aromatic carbocycles. The lowest BCUT2D eigenvalue weighted by Crippen LogP contribution is -2.31. The Morgan fingerprint density at radius 3 is 2.44 bits per heavy atom. The van der Waals surface area contributed by atoms with Crippen molar-refractivity contribution in [3.05, 3.63) is 91.8 Å². The van der Waals surface area contributed by atoms with Gasteiger partial charge in [0.05, 0.1) is 17.0 Å². The van der Waals surface area contributed by atoms with Crippen molar-refractivity contribution in [2.45, 2.75) is 106 Å². The first-order valence-corrected chi connectivity index (χ1v) is 14.9. The number of aromatic nitrogens is 6. The Hall–Kier alpha value is -4.84. The number of imidazole rings is 1. The molecule has 0 aliphatic rings. The van der Waals surface area contributed by atoms with E-state index in [-0.39, 0.29) is 37.9 Å². The topological polar surface area (TPSA) is 151 Å². The molecule has 0 saturated heterocycles. The summed E-state index contributed by atoms with van der Waals surface area (Å²) < 4.78 is 207. The number of rotatable bonds is 14. The predicted octanol–water partition coefficient (Wildman–Crippen LogP) is 7.59. The lowest BCUT2D eigenvalue weighted by atomic mass is 9.88. The van der Waals surface area contributed by atoms with Gasteiger partial charge in [-0.25, -0.2) is 19.7 Å². The van der Waals surface area contributed by atoms with Gasteiger partial charge in [0.1, 0.15) is 17.1 Å². The molecule has 0 aliphatic carbocycles. The smallest absolute Gasteiger partial charge is 0.453 e. The second-order valence-corrected chi connectivity index (χ2v) is 10.7. The molecule has 1 N–H and O–H groups in total. The number of methoxy groups -OCH3 is 1. The molecule has 12 heteroatoms. The van der Waals surface area contributed by atoms with Gasteiger partial charge in [-0.3, -0.25) is 0 Å². The van der Waals surface area contributed by atoms with Crippen molar-refractivity contribution >= 4 is 5.97 Å². The Kier molecular flexibility index (Phi) is 5.35. The minimum Gasteiger partial charge on any atom is -0.453 e. The number of nitrogens with zero attached hydrogens (tertiary/aromatic N) is 5. The van der Waals surface area contributed by atoms with E-state index in [4.69, 9.17) is 40.3 Å². The van der Waals surface area contributed by atoms with E-state index < -0.39 is 139 Å². The van der Waals surface area contributed by atoms with Crippen molar-refractivity contribution in [1.82, 2.24) is 30.2 Å². The summed E-state index contributed by atoms with van der Waals surface area (Å²) in [6, 6.07) is -6.22. The van der Waals surface area contributed by atoms with Gasteiger partial charge in [0, 0.05) is 41.9 Å². The van der Waals surface area contributed by atoms with Crippen molar-refractivity contribution in [3.63, 3.8) is 0 Å². The van der Waals surface area contributed by atoms with Gasteiger partial charge in [-0.2, -0.15) is 0 Å². The first-order chi connectivity index (χ1) is 31.8. The van der Waals surface area contributed by atoms with Crippen molar-refractivity contribution in [2.24, 2.45) is 5.89 Å². The molecule has 0 saturated carbocycles. The van der Waals surface area contributed by atoms with E-state index in [1.165, 1.54) is 20.8 Å². The summed E-state index contributed by atoms with van der Waals surface area (Å²) in [7, 11) is 0.760. The maximum Gasteiger partial charge on any atom is 0.519 e. The Bertz CT molecular complexity index is 2960. The van der Waals surface area contributed by atoms with Gasteiger partial charge in [-0.05, 0) is 90.1 Å². The van der Waals surface area contributed by atoms with Crippen molar-refractivity contribution < 1.29 is 51.9 Å². The Morgan fingerprint density at radius 1 is 1.14 bits per heavy atom. The molecule has 5 aromatic rings. The number of ether oxygens (including phenoxy) is 2. The number of tetrazole rings is 1. The van der Waals surface area contributed by atoms with Gasteiger partial charge in [-0.15, -0.1) is 5.10 Å². The number of H-pyrrole nitrogens is 1. The summed E-state index contributed by atoms with van der Waals surface area (Å²) >= 11 is 0. The lowest BCUT2D eigenvalue weighted by Gasteiger charge is -2.30. The van der Waals surface area contributed by atoms with E-state index in [0.29, 0.717) is 12.0 Å².